The molecule has 0 aromatic heterocycles. The van der Waals surface area contributed by atoms with Gasteiger partial charge in [-0.2, -0.15) is 0 Å². The number of likely N-dealkylation sites (tertiary alicyclic amines) is 1. The zero-order chi connectivity index (χ0) is 13.9. The van der Waals surface area contributed by atoms with E-state index in [9.17, 15) is 0 Å². The van der Waals surface area contributed by atoms with Crippen molar-refractivity contribution in [3.05, 3.63) is 0 Å². The lowest BCUT2D eigenvalue weighted by molar-refractivity contribution is 0.0661. The van der Waals surface area contributed by atoms with Crippen molar-refractivity contribution in [3.63, 3.8) is 0 Å². The van der Waals surface area contributed by atoms with Crippen LogP contribution in [0.4, 0.5) is 0 Å². The van der Waals surface area contributed by atoms with Gasteiger partial charge in [0.2, 0.25) is 0 Å². The Bertz CT molecular complexity index is 212. The van der Waals surface area contributed by atoms with Crippen molar-refractivity contribution in [3.8, 4) is 0 Å². The summed E-state index contributed by atoms with van der Waals surface area (Å²) in [5, 5.41) is 3.57. The lowest BCUT2D eigenvalue weighted by Crippen LogP contribution is -2.29. The Kier molecular flexibility index (Phi) is 9.43. The van der Waals surface area contributed by atoms with E-state index in [1.807, 2.05) is 0 Å². The van der Waals surface area contributed by atoms with Crippen LogP contribution in [-0.2, 0) is 9.47 Å². The lowest BCUT2D eigenvalue weighted by atomic mass is 10.1. The molecule has 0 aromatic carbocycles. The van der Waals surface area contributed by atoms with Crippen molar-refractivity contribution in [1.82, 2.24) is 10.2 Å². The molecule has 4 heteroatoms. The minimum atomic E-state index is 0.702. The van der Waals surface area contributed by atoms with E-state index < -0.39 is 0 Å². The minimum Gasteiger partial charge on any atom is -0.382 e. The van der Waals surface area contributed by atoms with Gasteiger partial charge in [0.1, 0.15) is 0 Å². The highest BCUT2D eigenvalue weighted by atomic mass is 16.5. The zero-order valence-electron chi connectivity index (χ0n) is 13.0. The summed E-state index contributed by atoms with van der Waals surface area (Å²) in [6.45, 7) is 12.8. The first kappa shape index (κ1) is 16.9. The molecule has 1 heterocycles. The lowest BCUT2D eigenvalue weighted by Gasteiger charge is -2.16. The summed E-state index contributed by atoms with van der Waals surface area (Å²) in [4.78, 5) is 2.57. The first-order chi connectivity index (χ1) is 9.22. The third-order valence-electron chi connectivity index (χ3n) is 3.55. The zero-order valence-corrected chi connectivity index (χ0v) is 13.0. The van der Waals surface area contributed by atoms with Crippen LogP contribution < -0.4 is 5.32 Å². The average molecular weight is 272 g/mol. The molecule has 1 aliphatic rings. The van der Waals surface area contributed by atoms with Crippen LogP contribution in [0.1, 0.15) is 26.7 Å². The fraction of sp³-hybridized carbons (Fsp3) is 1.00. The normalized spacial score (nSPS) is 20.5. The van der Waals surface area contributed by atoms with Crippen LogP contribution in [0.25, 0.3) is 0 Å². The molecule has 4 nitrogen and oxygen atoms in total. The van der Waals surface area contributed by atoms with Crippen molar-refractivity contribution in [2.24, 2.45) is 11.8 Å². The Morgan fingerprint density at radius 3 is 2.84 bits per heavy atom. The average Bonchev–Trinajstić information content (AvgIpc) is 2.81. The smallest absolute Gasteiger partial charge is 0.0700 e. The van der Waals surface area contributed by atoms with Crippen LogP contribution in [-0.4, -0.2) is 64.6 Å². The molecule has 1 N–H and O–H groups in total. The molecule has 1 fully saturated rings. The summed E-state index contributed by atoms with van der Waals surface area (Å²) in [7, 11) is 1.71. The van der Waals surface area contributed by atoms with E-state index in [1.54, 1.807) is 7.11 Å². The number of methoxy groups -OCH3 is 1. The first-order valence-electron chi connectivity index (χ1n) is 7.72. The molecule has 1 saturated heterocycles. The predicted molar refractivity (Wildman–Crippen MR) is 79.6 cm³/mol. The van der Waals surface area contributed by atoms with E-state index in [4.69, 9.17) is 9.47 Å². The summed E-state index contributed by atoms with van der Waals surface area (Å²) in [5.41, 5.74) is 0. The molecule has 0 aromatic rings. The molecule has 1 aliphatic heterocycles. The number of nitrogens with zero attached hydrogens (tertiary/aromatic N) is 1. The molecule has 1 unspecified atom stereocenters. The van der Waals surface area contributed by atoms with E-state index in [2.05, 4.69) is 24.1 Å². The summed E-state index contributed by atoms with van der Waals surface area (Å²) < 4.78 is 10.4. The highest BCUT2D eigenvalue weighted by Gasteiger charge is 2.21. The molecule has 19 heavy (non-hydrogen) atoms. The van der Waals surface area contributed by atoms with E-state index in [0.717, 1.165) is 38.0 Å². The SMILES string of the molecule is COCCOCCCN1CCC(CNCC(C)C)C1. The van der Waals surface area contributed by atoms with Gasteiger partial charge < -0.3 is 19.7 Å². The van der Waals surface area contributed by atoms with Gasteiger partial charge in [-0.15, -0.1) is 0 Å². The molecule has 1 rings (SSSR count). The Morgan fingerprint density at radius 1 is 1.26 bits per heavy atom. The predicted octanol–water partition coefficient (Wildman–Crippen LogP) is 1.61. The van der Waals surface area contributed by atoms with Crippen LogP contribution in [0.3, 0.4) is 0 Å². The van der Waals surface area contributed by atoms with Crippen molar-refractivity contribution in [2.45, 2.75) is 26.7 Å². The largest absolute Gasteiger partial charge is 0.382 e. The molecule has 0 bridgehead atoms. The summed E-state index contributed by atoms with van der Waals surface area (Å²) in [6, 6.07) is 0. The summed E-state index contributed by atoms with van der Waals surface area (Å²) in [6.07, 6.45) is 2.48. The third-order valence-corrected chi connectivity index (χ3v) is 3.55. The van der Waals surface area contributed by atoms with Gasteiger partial charge in [-0.3, -0.25) is 0 Å². The van der Waals surface area contributed by atoms with E-state index >= 15 is 0 Å². The van der Waals surface area contributed by atoms with Gasteiger partial charge >= 0.3 is 0 Å². The van der Waals surface area contributed by atoms with Crippen LogP contribution >= 0.6 is 0 Å². The Hall–Kier alpha value is -0.160. The molecule has 0 radical (unpaired) electrons. The Labute approximate surface area is 118 Å². The van der Waals surface area contributed by atoms with Gasteiger partial charge in [0.25, 0.3) is 0 Å². The van der Waals surface area contributed by atoms with Crippen molar-refractivity contribution in [1.29, 1.82) is 0 Å². The van der Waals surface area contributed by atoms with Crippen LogP contribution in [0, 0.1) is 11.8 Å². The van der Waals surface area contributed by atoms with E-state index in [0.29, 0.717) is 6.61 Å². The van der Waals surface area contributed by atoms with E-state index in [-0.39, 0.29) is 0 Å². The second-order valence-corrected chi connectivity index (χ2v) is 5.97. The van der Waals surface area contributed by atoms with Gasteiger partial charge in [0, 0.05) is 26.8 Å². The molecule has 0 spiro atoms. The maximum absolute atomic E-state index is 5.49. The summed E-state index contributed by atoms with van der Waals surface area (Å²) in [5.74, 6) is 1.59. The molecule has 0 saturated carbocycles. The number of ether oxygens (including phenoxy) is 2. The fourth-order valence-corrected chi connectivity index (χ4v) is 2.49. The topological polar surface area (TPSA) is 33.7 Å². The minimum absolute atomic E-state index is 0.702. The fourth-order valence-electron chi connectivity index (χ4n) is 2.49. The highest BCUT2D eigenvalue weighted by molar-refractivity contribution is 4.77. The molecule has 1 atom stereocenters. The van der Waals surface area contributed by atoms with Crippen molar-refractivity contribution < 1.29 is 9.47 Å². The number of rotatable bonds is 11. The number of hydrogen-bond donors (Lipinski definition) is 1. The Balaban J connectivity index is 1.93. The molecule has 0 aliphatic carbocycles. The third kappa shape index (κ3) is 8.58. The molecule has 114 valence electrons. The standard InChI is InChI=1S/C15H32N2O2/c1-14(2)11-16-12-15-5-7-17(13-15)6-4-8-19-10-9-18-3/h14-16H,4-13H2,1-3H3. The van der Waals surface area contributed by atoms with Crippen LogP contribution in [0.15, 0.2) is 0 Å². The molecular weight excluding hydrogens is 240 g/mol. The monoisotopic (exact) mass is 272 g/mol. The van der Waals surface area contributed by atoms with Gasteiger partial charge in [-0.25, -0.2) is 0 Å². The van der Waals surface area contributed by atoms with Crippen molar-refractivity contribution in [2.75, 3.05) is 59.7 Å². The quantitative estimate of drug-likeness (QED) is 0.579. The van der Waals surface area contributed by atoms with Gasteiger partial charge in [0.15, 0.2) is 0 Å². The second kappa shape index (κ2) is 10.6. The van der Waals surface area contributed by atoms with Crippen molar-refractivity contribution >= 4 is 0 Å². The molecule has 0 amide bonds. The number of nitrogens with one attached hydrogen (secondary N) is 1. The highest BCUT2D eigenvalue weighted by Crippen LogP contribution is 2.15. The van der Waals surface area contributed by atoms with Crippen LogP contribution in [0.5, 0.6) is 0 Å². The first-order valence-corrected chi connectivity index (χ1v) is 7.72. The van der Waals surface area contributed by atoms with Gasteiger partial charge in [-0.1, -0.05) is 13.8 Å². The van der Waals surface area contributed by atoms with E-state index in [1.165, 1.54) is 32.6 Å². The van der Waals surface area contributed by atoms with Gasteiger partial charge in [-0.05, 0) is 44.3 Å². The molecular formula is C15H32N2O2. The maximum atomic E-state index is 5.49. The second-order valence-electron chi connectivity index (χ2n) is 5.97. The maximum Gasteiger partial charge on any atom is 0.0700 e. The Morgan fingerprint density at radius 2 is 2.11 bits per heavy atom. The van der Waals surface area contributed by atoms with Gasteiger partial charge in [0.05, 0.1) is 13.2 Å². The number of hydrogen-bond acceptors (Lipinski definition) is 4. The summed E-state index contributed by atoms with van der Waals surface area (Å²) >= 11 is 0. The van der Waals surface area contributed by atoms with Crippen LogP contribution in [0.2, 0.25) is 0 Å².